The molecule has 1 heterocycles. The third-order valence-electron chi connectivity index (χ3n) is 2.29. The zero-order valence-corrected chi connectivity index (χ0v) is 9.89. The van der Waals surface area contributed by atoms with Gasteiger partial charge in [0, 0.05) is 25.5 Å². The van der Waals surface area contributed by atoms with Crippen molar-refractivity contribution >= 4 is 5.91 Å². The Balaban J connectivity index is 2.19. The topological polar surface area (TPSA) is 72.9 Å². The molecule has 0 saturated heterocycles. The molecule has 16 heavy (non-hydrogen) atoms. The molecule has 0 unspecified atom stereocenters. The second-order valence-corrected chi connectivity index (χ2v) is 4.33. The van der Waals surface area contributed by atoms with Crippen molar-refractivity contribution in [1.82, 2.24) is 14.9 Å². The Bertz CT molecular complexity index is 308. The molecule has 0 aliphatic heterocycles. The van der Waals surface area contributed by atoms with Crippen LogP contribution in [0.2, 0.25) is 0 Å². The summed E-state index contributed by atoms with van der Waals surface area (Å²) in [6, 6.07) is -0.400. The first kappa shape index (κ1) is 12.7. The minimum Gasteiger partial charge on any atom is -0.353 e. The van der Waals surface area contributed by atoms with E-state index in [1.807, 2.05) is 10.8 Å². The zero-order chi connectivity index (χ0) is 12.0. The van der Waals surface area contributed by atoms with E-state index >= 15 is 0 Å². The molecule has 1 aromatic heterocycles. The van der Waals surface area contributed by atoms with E-state index < -0.39 is 6.04 Å². The van der Waals surface area contributed by atoms with Crippen LogP contribution in [0, 0.1) is 5.92 Å². The van der Waals surface area contributed by atoms with E-state index in [2.05, 4.69) is 24.1 Å². The van der Waals surface area contributed by atoms with E-state index in [9.17, 15) is 4.79 Å². The van der Waals surface area contributed by atoms with Gasteiger partial charge in [0.1, 0.15) is 0 Å². The van der Waals surface area contributed by atoms with Gasteiger partial charge < -0.3 is 15.6 Å². The average Bonchev–Trinajstić information content (AvgIpc) is 2.69. The Hall–Kier alpha value is -1.36. The van der Waals surface area contributed by atoms with Crippen LogP contribution in [0.15, 0.2) is 18.7 Å². The maximum atomic E-state index is 11.5. The van der Waals surface area contributed by atoms with Gasteiger partial charge in [-0.3, -0.25) is 4.79 Å². The van der Waals surface area contributed by atoms with Crippen molar-refractivity contribution in [2.45, 2.75) is 32.9 Å². The maximum Gasteiger partial charge on any atom is 0.236 e. The van der Waals surface area contributed by atoms with E-state index in [1.54, 1.807) is 12.5 Å². The van der Waals surface area contributed by atoms with Crippen molar-refractivity contribution in [2.24, 2.45) is 11.7 Å². The summed E-state index contributed by atoms with van der Waals surface area (Å²) in [5.41, 5.74) is 5.75. The fourth-order valence-corrected chi connectivity index (χ4v) is 1.47. The molecule has 5 nitrogen and oxygen atoms in total. The molecular formula is C11H20N4O. The van der Waals surface area contributed by atoms with Gasteiger partial charge in [0.25, 0.3) is 0 Å². The van der Waals surface area contributed by atoms with Crippen molar-refractivity contribution in [3.63, 3.8) is 0 Å². The van der Waals surface area contributed by atoms with Gasteiger partial charge >= 0.3 is 0 Å². The van der Waals surface area contributed by atoms with Crippen LogP contribution in [0.3, 0.4) is 0 Å². The highest BCUT2D eigenvalue weighted by Crippen LogP contribution is 2.02. The van der Waals surface area contributed by atoms with Crippen LogP contribution in [-0.4, -0.2) is 28.0 Å². The summed E-state index contributed by atoms with van der Waals surface area (Å²) in [5, 5.41) is 2.81. The molecule has 3 N–H and O–H groups in total. The minimum atomic E-state index is -0.400. The van der Waals surface area contributed by atoms with Gasteiger partial charge in [0.15, 0.2) is 0 Å². The van der Waals surface area contributed by atoms with Gasteiger partial charge in [-0.2, -0.15) is 0 Å². The Labute approximate surface area is 96.0 Å². The van der Waals surface area contributed by atoms with E-state index in [4.69, 9.17) is 5.73 Å². The third-order valence-corrected chi connectivity index (χ3v) is 2.29. The van der Waals surface area contributed by atoms with E-state index in [1.165, 1.54) is 0 Å². The molecule has 0 aliphatic carbocycles. The molecular weight excluding hydrogens is 204 g/mol. The average molecular weight is 224 g/mol. The fourth-order valence-electron chi connectivity index (χ4n) is 1.47. The first-order valence-electron chi connectivity index (χ1n) is 5.58. The largest absolute Gasteiger partial charge is 0.353 e. The zero-order valence-electron chi connectivity index (χ0n) is 9.89. The molecule has 0 saturated carbocycles. The molecule has 0 fully saturated rings. The molecule has 1 aromatic rings. The monoisotopic (exact) mass is 224 g/mol. The van der Waals surface area contributed by atoms with Crippen LogP contribution in [0.4, 0.5) is 0 Å². The second-order valence-electron chi connectivity index (χ2n) is 4.33. The molecule has 0 aromatic carbocycles. The highest BCUT2D eigenvalue weighted by atomic mass is 16.2. The van der Waals surface area contributed by atoms with E-state index in [-0.39, 0.29) is 5.91 Å². The highest BCUT2D eigenvalue weighted by Gasteiger charge is 2.13. The Morgan fingerprint density at radius 2 is 2.31 bits per heavy atom. The second kappa shape index (κ2) is 6.27. The number of carbonyl (C=O) groups is 1. The molecule has 0 aliphatic rings. The molecule has 0 radical (unpaired) electrons. The summed E-state index contributed by atoms with van der Waals surface area (Å²) in [4.78, 5) is 15.5. The van der Waals surface area contributed by atoms with Crippen LogP contribution < -0.4 is 11.1 Å². The maximum absolute atomic E-state index is 11.5. The lowest BCUT2D eigenvalue weighted by Gasteiger charge is -2.14. The van der Waals surface area contributed by atoms with E-state index in [0.29, 0.717) is 12.5 Å². The van der Waals surface area contributed by atoms with Gasteiger partial charge in [0.2, 0.25) is 5.91 Å². The standard InChI is InChI=1S/C11H20N4O/c1-9(2)7-10(12)11(16)14-4-6-15-5-3-13-8-15/h3,5,8-10H,4,6-7,12H2,1-2H3,(H,14,16)/t10-/m1/s1. The number of carbonyl (C=O) groups excluding carboxylic acids is 1. The number of imidazole rings is 1. The van der Waals surface area contributed by atoms with Gasteiger partial charge in [-0.05, 0) is 12.3 Å². The molecule has 1 atom stereocenters. The summed E-state index contributed by atoms with van der Waals surface area (Å²) >= 11 is 0. The van der Waals surface area contributed by atoms with Crippen LogP contribution in [-0.2, 0) is 11.3 Å². The number of aromatic nitrogens is 2. The predicted octanol–water partition coefficient (Wildman–Crippen LogP) is 0.373. The van der Waals surface area contributed by atoms with Crippen LogP contribution >= 0.6 is 0 Å². The number of amides is 1. The Morgan fingerprint density at radius 3 is 2.88 bits per heavy atom. The minimum absolute atomic E-state index is 0.0752. The number of hydrogen-bond donors (Lipinski definition) is 2. The smallest absolute Gasteiger partial charge is 0.236 e. The number of nitrogens with one attached hydrogen (secondary N) is 1. The first-order valence-corrected chi connectivity index (χ1v) is 5.58. The van der Waals surface area contributed by atoms with Crippen molar-refractivity contribution < 1.29 is 4.79 Å². The summed E-state index contributed by atoms with van der Waals surface area (Å²) in [5.74, 6) is 0.364. The van der Waals surface area contributed by atoms with Crippen LogP contribution in [0.5, 0.6) is 0 Å². The normalized spacial score (nSPS) is 12.8. The Kier molecular flexibility index (Phi) is 4.98. The molecule has 1 rings (SSSR count). The van der Waals surface area contributed by atoms with Crippen molar-refractivity contribution in [1.29, 1.82) is 0 Å². The predicted molar refractivity (Wildman–Crippen MR) is 62.7 cm³/mol. The molecule has 0 bridgehead atoms. The van der Waals surface area contributed by atoms with Crippen molar-refractivity contribution in [2.75, 3.05) is 6.54 Å². The van der Waals surface area contributed by atoms with Crippen molar-refractivity contribution in [3.8, 4) is 0 Å². The van der Waals surface area contributed by atoms with Crippen LogP contribution in [0.1, 0.15) is 20.3 Å². The molecule has 0 spiro atoms. The van der Waals surface area contributed by atoms with Crippen molar-refractivity contribution in [3.05, 3.63) is 18.7 Å². The van der Waals surface area contributed by atoms with Gasteiger partial charge in [-0.1, -0.05) is 13.8 Å². The lowest BCUT2D eigenvalue weighted by Crippen LogP contribution is -2.42. The SMILES string of the molecule is CC(C)C[C@@H](N)C(=O)NCCn1ccnc1. The lowest BCUT2D eigenvalue weighted by atomic mass is 10.0. The number of rotatable bonds is 6. The summed E-state index contributed by atoms with van der Waals surface area (Å²) in [6.07, 6.45) is 6.02. The van der Waals surface area contributed by atoms with E-state index in [0.717, 1.165) is 13.0 Å². The molecule has 5 heteroatoms. The highest BCUT2D eigenvalue weighted by molar-refractivity contribution is 5.81. The number of hydrogen-bond acceptors (Lipinski definition) is 3. The first-order chi connectivity index (χ1) is 7.59. The summed E-state index contributed by atoms with van der Waals surface area (Å²) in [6.45, 7) is 5.42. The third kappa shape index (κ3) is 4.44. The quantitative estimate of drug-likeness (QED) is 0.733. The summed E-state index contributed by atoms with van der Waals surface area (Å²) < 4.78 is 1.91. The lowest BCUT2D eigenvalue weighted by molar-refractivity contribution is -0.122. The van der Waals surface area contributed by atoms with Gasteiger partial charge in [-0.15, -0.1) is 0 Å². The fraction of sp³-hybridized carbons (Fsp3) is 0.636. The van der Waals surface area contributed by atoms with Gasteiger partial charge in [-0.25, -0.2) is 4.98 Å². The van der Waals surface area contributed by atoms with Gasteiger partial charge in [0.05, 0.1) is 12.4 Å². The molecule has 1 amide bonds. The number of nitrogens with zero attached hydrogens (tertiary/aromatic N) is 2. The molecule has 90 valence electrons. The Morgan fingerprint density at radius 1 is 1.56 bits per heavy atom. The van der Waals surface area contributed by atoms with Crippen LogP contribution in [0.25, 0.3) is 0 Å². The summed E-state index contributed by atoms with van der Waals surface area (Å²) in [7, 11) is 0. The number of nitrogens with two attached hydrogens (primary N) is 1.